The lowest BCUT2D eigenvalue weighted by Crippen LogP contribution is -2.45. The van der Waals surface area contributed by atoms with E-state index < -0.39 is 5.41 Å². The molecule has 3 heteroatoms. The van der Waals surface area contributed by atoms with Crippen LogP contribution in [-0.2, 0) is 4.79 Å². The molecule has 0 radical (unpaired) electrons. The first-order valence-electron chi connectivity index (χ1n) is 6.81. The summed E-state index contributed by atoms with van der Waals surface area (Å²) in [4.78, 5) is 14.6. The summed E-state index contributed by atoms with van der Waals surface area (Å²) in [5, 5.41) is 9.43. The van der Waals surface area contributed by atoms with Gasteiger partial charge in [0.25, 0.3) is 0 Å². The first kappa shape index (κ1) is 12.4. The van der Waals surface area contributed by atoms with Crippen LogP contribution in [-0.4, -0.2) is 23.4 Å². The third kappa shape index (κ3) is 2.18. The number of carbonyl (C=O) groups excluding carboxylic acids is 1. The number of nitrogens with zero attached hydrogens (tertiary/aromatic N) is 2. The van der Waals surface area contributed by atoms with Crippen LogP contribution in [0, 0.1) is 22.7 Å². The number of likely N-dealkylation sites (tertiary alicyclic amines) is 1. The van der Waals surface area contributed by atoms with E-state index in [1.165, 1.54) is 6.42 Å². The van der Waals surface area contributed by atoms with Gasteiger partial charge in [0.1, 0.15) is 5.41 Å². The second-order valence-electron chi connectivity index (χ2n) is 5.90. The summed E-state index contributed by atoms with van der Waals surface area (Å²) in [6.45, 7) is 5.13. The van der Waals surface area contributed by atoms with E-state index in [4.69, 9.17) is 0 Å². The fourth-order valence-electron chi connectivity index (χ4n) is 3.39. The lowest BCUT2D eigenvalue weighted by molar-refractivity contribution is -0.141. The predicted molar refractivity (Wildman–Crippen MR) is 66.1 cm³/mol. The first-order valence-corrected chi connectivity index (χ1v) is 6.81. The Kier molecular flexibility index (Phi) is 3.42. The van der Waals surface area contributed by atoms with Gasteiger partial charge in [-0.3, -0.25) is 4.79 Å². The zero-order valence-corrected chi connectivity index (χ0v) is 10.9. The van der Waals surface area contributed by atoms with Crippen molar-refractivity contribution in [1.29, 1.82) is 5.26 Å². The van der Waals surface area contributed by atoms with Gasteiger partial charge in [-0.15, -0.1) is 0 Å². The maximum absolute atomic E-state index is 12.6. The van der Waals surface area contributed by atoms with E-state index in [-0.39, 0.29) is 5.91 Å². The molecule has 2 fully saturated rings. The summed E-state index contributed by atoms with van der Waals surface area (Å²) >= 11 is 0. The van der Waals surface area contributed by atoms with E-state index in [1.807, 2.05) is 4.90 Å². The monoisotopic (exact) mass is 234 g/mol. The van der Waals surface area contributed by atoms with E-state index in [0.717, 1.165) is 38.6 Å². The summed E-state index contributed by atoms with van der Waals surface area (Å²) in [6.07, 6.45) is 5.82. The third-order valence-corrected chi connectivity index (χ3v) is 4.38. The quantitative estimate of drug-likeness (QED) is 0.700. The molecule has 1 heterocycles. The standard InChI is InChI=1S/C14H22N2O/c1-11-8-12(2)16(9-11)13(17)14(10-15)6-4-3-5-7-14/h11-12H,3-9H2,1-2H3. The van der Waals surface area contributed by atoms with E-state index >= 15 is 0 Å². The molecule has 0 aromatic heterocycles. The number of carbonyl (C=O) groups is 1. The van der Waals surface area contributed by atoms with Crippen LogP contribution >= 0.6 is 0 Å². The first-order chi connectivity index (χ1) is 8.09. The number of hydrogen-bond donors (Lipinski definition) is 0. The molecule has 1 aliphatic carbocycles. The maximum atomic E-state index is 12.6. The molecule has 0 N–H and O–H groups in total. The Hall–Kier alpha value is -1.04. The Morgan fingerprint density at radius 3 is 2.41 bits per heavy atom. The summed E-state index contributed by atoms with van der Waals surface area (Å²) < 4.78 is 0. The fraction of sp³-hybridized carbons (Fsp3) is 0.857. The molecule has 0 aromatic carbocycles. The molecule has 3 nitrogen and oxygen atoms in total. The minimum Gasteiger partial charge on any atom is -0.338 e. The highest BCUT2D eigenvalue weighted by Crippen LogP contribution is 2.39. The summed E-state index contributed by atoms with van der Waals surface area (Å²) in [5.74, 6) is 0.685. The molecule has 2 rings (SSSR count). The van der Waals surface area contributed by atoms with Crippen molar-refractivity contribution in [2.24, 2.45) is 11.3 Å². The lowest BCUT2D eigenvalue weighted by atomic mass is 9.74. The van der Waals surface area contributed by atoms with Crippen LogP contribution in [0.2, 0.25) is 0 Å². The van der Waals surface area contributed by atoms with Crippen LogP contribution in [0.15, 0.2) is 0 Å². The largest absolute Gasteiger partial charge is 0.338 e. The van der Waals surface area contributed by atoms with E-state index in [0.29, 0.717) is 12.0 Å². The van der Waals surface area contributed by atoms with Gasteiger partial charge in [-0.25, -0.2) is 0 Å². The van der Waals surface area contributed by atoms with Gasteiger partial charge in [-0.2, -0.15) is 5.26 Å². The van der Waals surface area contributed by atoms with Crippen molar-refractivity contribution in [2.45, 2.75) is 58.4 Å². The van der Waals surface area contributed by atoms with Crippen molar-refractivity contribution in [3.63, 3.8) is 0 Å². The van der Waals surface area contributed by atoms with Crippen LogP contribution in [0.25, 0.3) is 0 Å². The molecule has 1 amide bonds. The summed E-state index contributed by atoms with van der Waals surface area (Å²) in [6, 6.07) is 2.65. The van der Waals surface area contributed by atoms with Gasteiger partial charge in [0, 0.05) is 12.6 Å². The van der Waals surface area contributed by atoms with E-state index in [1.54, 1.807) is 0 Å². The minimum absolute atomic E-state index is 0.108. The number of nitriles is 1. The zero-order chi connectivity index (χ0) is 12.5. The van der Waals surface area contributed by atoms with Crippen molar-refractivity contribution in [3.8, 4) is 6.07 Å². The number of rotatable bonds is 1. The Morgan fingerprint density at radius 2 is 1.94 bits per heavy atom. The van der Waals surface area contributed by atoms with Gasteiger partial charge < -0.3 is 4.90 Å². The molecule has 2 aliphatic rings. The third-order valence-electron chi connectivity index (χ3n) is 4.38. The zero-order valence-electron chi connectivity index (χ0n) is 10.9. The van der Waals surface area contributed by atoms with Gasteiger partial charge in [-0.1, -0.05) is 26.2 Å². The van der Waals surface area contributed by atoms with Crippen molar-refractivity contribution in [3.05, 3.63) is 0 Å². The molecule has 94 valence electrons. The maximum Gasteiger partial charge on any atom is 0.243 e. The molecule has 1 saturated carbocycles. The Labute approximate surface area is 104 Å². The second kappa shape index (κ2) is 4.68. The van der Waals surface area contributed by atoms with Gasteiger partial charge >= 0.3 is 0 Å². The molecule has 2 unspecified atom stereocenters. The highest BCUT2D eigenvalue weighted by molar-refractivity contribution is 5.86. The summed E-state index contributed by atoms with van der Waals surface area (Å²) in [5.41, 5.74) is -0.698. The molecule has 0 spiro atoms. The SMILES string of the molecule is CC1CC(C)N(C(=O)C2(C#N)CCCCC2)C1. The Bertz CT molecular complexity index is 339. The van der Waals surface area contributed by atoms with Crippen LogP contribution < -0.4 is 0 Å². The van der Waals surface area contributed by atoms with Gasteiger partial charge in [0.15, 0.2) is 0 Å². The highest BCUT2D eigenvalue weighted by Gasteiger charge is 2.45. The van der Waals surface area contributed by atoms with Gasteiger partial charge in [0.05, 0.1) is 6.07 Å². The minimum atomic E-state index is -0.698. The smallest absolute Gasteiger partial charge is 0.243 e. The topological polar surface area (TPSA) is 44.1 Å². The van der Waals surface area contributed by atoms with Crippen LogP contribution in [0.1, 0.15) is 52.4 Å². The van der Waals surface area contributed by atoms with Crippen molar-refractivity contribution in [2.75, 3.05) is 6.54 Å². The number of amides is 1. The van der Waals surface area contributed by atoms with Crippen molar-refractivity contribution < 1.29 is 4.79 Å². The predicted octanol–water partition coefficient (Wildman–Crippen LogP) is 2.72. The Morgan fingerprint density at radius 1 is 1.29 bits per heavy atom. The van der Waals surface area contributed by atoms with Gasteiger partial charge in [-0.05, 0) is 32.1 Å². The van der Waals surface area contributed by atoms with Crippen LogP contribution in [0.3, 0.4) is 0 Å². The van der Waals surface area contributed by atoms with Gasteiger partial charge in [0.2, 0.25) is 5.91 Å². The normalized spacial score (nSPS) is 32.2. The second-order valence-corrected chi connectivity index (χ2v) is 5.90. The number of hydrogen-bond acceptors (Lipinski definition) is 2. The Balaban J connectivity index is 2.15. The summed E-state index contributed by atoms with van der Waals surface area (Å²) in [7, 11) is 0. The average molecular weight is 234 g/mol. The van der Waals surface area contributed by atoms with Crippen molar-refractivity contribution >= 4 is 5.91 Å². The van der Waals surface area contributed by atoms with Crippen LogP contribution in [0.5, 0.6) is 0 Å². The molecule has 1 saturated heterocycles. The van der Waals surface area contributed by atoms with Crippen LogP contribution in [0.4, 0.5) is 0 Å². The molecular formula is C14H22N2O. The molecule has 0 bridgehead atoms. The van der Waals surface area contributed by atoms with E-state index in [9.17, 15) is 10.1 Å². The van der Waals surface area contributed by atoms with Crippen molar-refractivity contribution in [1.82, 2.24) is 4.90 Å². The lowest BCUT2D eigenvalue weighted by Gasteiger charge is -2.35. The molecule has 0 aromatic rings. The molecule has 1 aliphatic heterocycles. The molecule has 2 atom stereocenters. The molecular weight excluding hydrogens is 212 g/mol. The fourth-order valence-corrected chi connectivity index (χ4v) is 3.39. The molecule has 17 heavy (non-hydrogen) atoms. The average Bonchev–Trinajstić information content (AvgIpc) is 2.68. The van der Waals surface area contributed by atoms with E-state index in [2.05, 4.69) is 19.9 Å². The highest BCUT2D eigenvalue weighted by atomic mass is 16.2.